The van der Waals surface area contributed by atoms with Gasteiger partial charge in [-0.2, -0.15) is 4.89 Å². The van der Waals surface area contributed by atoms with Crippen molar-refractivity contribution in [3.63, 3.8) is 0 Å². The Morgan fingerprint density at radius 2 is 0.943 bits per heavy atom. The maximum atomic E-state index is 11.6. The Morgan fingerprint density at radius 3 is 1.37 bits per heavy atom. The highest BCUT2D eigenvalue weighted by Gasteiger charge is 2.23. The first-order valence-corrected chi connectivity index (χ1v) is 14.7. The van der Waals surface area contributed by atoms with Crippen molar-refractivity contribution >= 4 is 11.9 Å². The molecule has 0 aromatic rings. The van der Waals surface area contributed by atoms with Gasteiger partial charge in [-0.05, 0) is 31.7 Å². The summed E-state index contributed by atoms with van der Waals surface area (Å²) in [7, 11) is 0. The summed E-state index contributed by atoms with van der Waals surface area (Å²) < 4.78 is 4.93. The van der Waals surface area contributed by atoms with Gasteiger partial charge in [0.05, 0.1) is 6.61 Å². The van der Waals surface area contributed by atoms with Gasteiger partial charge in [0.25, 0.3) is 0 Å². The Kier molecular flexibility index (Phi) is 23.8. The number of esters is 1. The van der Waals surface area contributed by atoms with Crippen molar-refractivity contribution in [2.45, 2.75) is 168 Å². The minimum Gasteiger partial charge on any atom is -0.457 e. The fraction of sp³-hybridized carbons (Fsp3) is 0.931. The molecule has 0 aliphatic heterocycles. The maximum Gasteiger partial charge on any atom is 0.453 e. The molecular weight excluding hydrogens is 444 g/mol. The van der Waals surface area contributed by atoms with Crippen LogP contribution in [0.4, 0.5) is 0 Å². The van der Waals surface area contributed by atoms with E-state index in [2.05, 4.69) is 23.8 Å². The van der Waals surface area contributed by atoms with Crippen LogP contribution in [0.25, 0.3) is 0 Å². The van der Waals surface area contributed by atoms with Crippen molar-refractivity contribution in [1.82, 2.24) is 0 Å². The summed E-state index contributed by atoms with van der Waals surface area (Å²) in [4.78, 5) is 32.6. The quantitative estimate of drug-likeness (QED) is 0.0409. The summed E-state index contributed by atoms with van der Waals surface area (Å²) in [6.45, 7) is 8.22. The van der Waals surface area contributed by atoms with Crippen LogP contribution in [0.3, 0.4) is 0 Å². The molecule has 6 heteroatoms. The van der Waals surface area contributed by atoms with Crippen molar-refractivity contribution in [3.8, 4) is 0 Å². The number of unbranched alkanes of at least 4 members (excludes halogenated alkanes) is 18. The molecule has 0 fully saturated rings. The van der Waals surface area contributed by atoms with E-state index in [0.29, 0.717) is 0 Å². The average Bonchev–Trinajstić information content (AvgIpc) is 2.83. The second kappa shape index (κ2) is 24.5. The van der Waals surface area contributed by atoms with Crippen molar-refractivity contribution in [2.24, 2.45) is 0 Å². The Bertz CT molecular complexity index is 492. The zero-order chi connectivity index (χ0) is 26.0. The SMILES string of the molecule is CCCCCCCCCCCCCCCCCCCCOC(=O)C(=O)OOOC(C)(C)CCCC. The van der Waals surface area contributed by atoms with E-state index in [0.717, 1.165) is 38.5 Å². The van der Waals surface area contributed by atoms with E-state index in [9.17, 15) is 9.59 Å². The van der Waals surface area contributed by atoms with Crippen LogP contribution in [0.5, 0.6) is 0 Å². The van der Waals surface area contributed by atoms with Crippen LogP contribution in [-0.2, 0) is 29.1 Å². The predicted molar refractivity (Wildman–Crippen MR) is 142 cm³/mol. The van der Waals surface area contributed by atoms with E-state index in [1.54, 1.807) is 0 Å². The molecule has 208 valence electrons. The van der Waals surface area contributed by atoms with Gasteiger partial charge in [-0.1, -0.05) is 136 Å². The van der Waals surface area contributed by atoms with Gasteiger partial charge < -0.3 is 4.74 Å². The van der Waals surface area contributed by atoms with Crippen LogP contribution in [-0.4, -0.2) is 24.1 Å². The molecule has 0 spiro atoms. The highest BCUT2D eigenvalue weighted by Crippen LogP contribution is 2.18. The van der Waals surface area contributed by atoms with Gasteiger partial charge in [0, 0.05) is 0 Å². The van der Waals surface area contributed by atoms with Gasteiger partial charge in [0.2, 0.25) is 0 Å². The van der Waals surface area contributed by atoms with Gasteiger partial charge >= 0.3 is 11.9 Å². The lowest BCUT2D eigenvalue weighted by Gasteiger charge is -2.21. The molecule has 35 heavy (non-hydrogen) atoms. The van der Waals surface area contributed by atoms with E-state index in [-0.39, 0.29) is 6.61 Å². The van der Waals surface area contributed by atoms with E-state index in [4.69, 9.17) is 9.62 Å². The molecule has 0 bridgehead atoms. The summed E-state index contributed by atoms with van der Waals surface area (Å²) in [5.74, 6) is -2.24. The highest BCUT2D eigenvalue weighted by molar-refractivity contribution is 6.29. The molecule has 6 nitrogen and oxygen atoms in total. The van der Waals surface area contributed by atoms with Crippen molar-refractivity contribution in [3.05, 3.63) is 0 Å². The molecule has 0 aliphatic rings. The zero-order valence-electron chi connectivity index (χ0n) is 23.5. The third kappa shape index (κ3) is 24.3. The molecule has 0 radical (unpaired) electrons. The third-order valence-electron chi connectivity index (χ3n) is 6.40. The molecule has 0 unspecified atom stereocenters. The molecule has 0 rings (SSSR count). The largest absolute Gasteiger partial charge is 0.457 e. The first-order valence-electron chi connectivity index (χ1n) is 14.7. The molecule has 0 N–H and O–H groups in total. The van der Waals surface area contributed by atoms with Crippen LogP contribution in [0, 0.1) is 0 Å². The minimum absolute atomic E-state index is 0.218. The first kappa shape index (κ1) is 33.9. The number of rotatable bonds is 25. The first-order chi connectivity index (χ1) is 16.9. The van der Waals surface area contributed by atoms with Crippen LogP contribution >= 0.6 is 0 Å². The summed E-state index contributed by atoms with van der Waals surface area (Å²) in [5, 5.41) is 4.47. The Balaban J connectivity index is 3.37. The molecule has 0 amide bonds. The number of hydrogen-bond acceptors (Lipinski definition) is 6. The summed E-state index contributed by atoms with van der Waals surface area (Å²) in [6, 6.07) is 0. The number of carbonyl (C=O) groups excluding carboxylic acids is 2. The molecule has 0 saturated carbocycles. The van der Waals surface area contributed by atoms with Gasteiger partial charge in [-0.3, -0.25) is 4.89 Å². The molecule has 0 aromatic carbocycles. The van der Waals surface area contributed by atoms with Crippen LogP contribution in [0.15, 0.2) is 0 Å². The summed E-state index contributed by atoms with van der Waals surface area (Å²) >= 11 is 0. The van der Waals surface area contributed by atoms with Gasteiger partial charge in [0.1, 0.15) is 5.60 Å². The normalized spacial score (nSPS) is 11.5. The van der Waals surface area contributed by atoms with Gasteiger partial charge in [-0.15, -0.1) is 0 Å². The third-order valence-corrected chi connectivity index (χ3v) is 6.40. The lowest BCUT2D eigenvalue weighted by atomic mass is 10.0. The van der Waals surface area contributed by atoms with Gasteiger partial charge in [0.15, 0.2) is 0 Å². The van der Waals surface area contributed by atoms with Crippen molar-refractivity contribution in [1.29, 1.82) is 0 Å². The van der Waals surface area contributed by atoms with Crippen LogP contribution < -0.4 is 0 Å². The second-order valence-corrected chi connectivity index (χ2v) is 10.5. The molecule has 0 heterocycles. The van der Waals surface area contributed by atoms with E-state index in [1.807, 2.05) is 13.8 Å². The fourth-order valence-corrected chi connectivity index (χ4v) is 4.05. The number of hydrogen-bond donors (Lipinski definition) is 0. The Labute approximate surface area is 216 Å². The smallest absolute Gasteiger partial charge is 0.453 e. The maximum absolute atomic E-state index is 11.6. The van der Waals surface area contributed by atoms with Crippen LogP contribution in [0.1, 0.15) is 163 Å². The lowest BCUT2D eigenvalue weighted by molar-refractivity contribution is -0.516. The fourth-order valence-electron chi connectivity index (χ4n) is 4.05. The summed E-state index contributed by atoms with van der Waals surface area (Å²) in [6.07, 6.45) is 26.2. The topological polar surface area (TPSA) is 71.1 Å². The molecule has 0 saturated heterocycles. The monoisotopic (exact) mass is 500 g/mol. The minimum atomic E-state index is -1.20. The van der Waals surface area contributed by atoms with E-state index < -0.39 is 17.5 Å². The molecular formula is C29H56O6. The predicted octanol–water partition coefficient (Wildman–Crippen LogP) is 8.95. The highest BCUT2D eigenvalue weighted by atomic mass is 17.5. The van der Waals surface area contributed by atoms with E-state index in [1.165, 1.54) is 96.3 Å². The zero-order valence-corrected chi connectivity index (χ0v) is 23.5. The standard InChI is InChI=1S/C29H56O6/c1-5-7-9-10-11-12-13-14-15-16-17-18-19-20-21-22-23-24-26-32-27(30)28(31)33-35-34-29(3,4)25-8-6-2/h5-26H2,1-4H3. The number of ether oxygens (including phenoxy) is 1. The summed E-state index contributed by atoms with van der Waals surface area (Å²) in [5.41, 5.74) is -0.590. The Morgan fingerprint density at radius 1 is 0.543 bits per heavy atom. The van der Waals surface area contributed by atoms with Gasteiger partial charge in [-0.25, -0.2) is 9.59 Å². The average molecular weight is 501 g/mol. The lowest BCUT2D eigenvalue weighted by Crippen LogP contribution is -2.27. The Hall–Kier alpha value is -1.14. The van der Waals surface area contributed by atoms with Crippen molar-refractivity contribution < 1.29 is 29.1 Å². The molecule has 0 aromatic heterocycles. The second-order valence-electron chi connectivity index (χ2n) is 10.5. The van der Waals surface area contributed by atoms with Crippen LogP contribution in [0.2, 0.25) is 0 Å². The number of carbonyl (C=O) groups is 2. The van der Waals surface area contributed by atoms with E-state index >= 15 is 0 Å². The molecule has 0 aliphatic carbocycles. The molecule has 0 atom stereocenters. The van der Waals surface area contributed by atoms with Crippen molar-refractivity contribution in [2.75, 3.05) is 6.61 Å².